The lowest BCUT2D eigenvalue weighted by molar-refractivity contribution is -0.159. The number of piperazine rings is 1. The van der Waals surface area contributed by atoms with Crippen molar-refractivity contribution in [3.63, 3.8) is 0 Å². The first-order valence-electron chi connectivity index (χ1n) is 8.00. The molecule has 2 fully saturated rings. The van der Waals surface area contributed by atoms with Crippen molar-refractivity contribution in [2.45, 2.75) is 64.6 Å². The summed E-state index contributed by atoms with van der Waals surface area (Å²) in [4.78, 5) is 27.7. The van der Waals surface area contributed by atoms with Gasteiger partial charge in [0.05, 0.1) is 0 Å². The quantitative estimate of drug-likeness (QED) is 0.818. The fourth-order valence-corrected chi connectivity index (χ4v) is 4.23. The van der Waals surface area contributed by atoms with E-state index in [0.717, 1.165) is 25.0 Å². The molecular weight excluding hydrogens is 284 g/mol. The van der Waals surface area contributed by atoms with Crippen LogP contribution in [0.4, 0.5) is 0 Å². The van der Waals surface area contributed by atoms with E-state index in [9.17, 15) is 9.59 Å². The Morgan fingerprint density at radius 1 is 1.38 bits per heavy atom. The predicted octanol–water partition coefficient (Wildman–Crippen LogP) is 2.28. The minimum absolute atomic E-state index is 0.0264. The zero-order chi connectivity index (χ0) is 15.8. The third-order valence-electron chi connectivity index (χ3n) is 4.88. The van der Waals surface area contributed by atoms with Crippen LogP contribution in [-0.2, 0) is 9.59 Å². The van der Waals surface area contributed by atoms with Crippen molar-refractivity contribution < 1.29 is 9.59 Å². The van der Waals surface area contributed by atoms with Crippen LogP contribution in [0.15, 0.2) is 0 Å². The summed E-state index contributed by atoms with van der Waals surface area (Å²) in [5.41, 5.74) is -0.686. The van der Waals surface area contributed by atoms with Gasteiger partial charge in [-0.3, -0.25) is 9.59 Å². The van der Waals surface area contributed by atoms with Gasteiger partial charge in [-0.05, 0) is 44.3 Å². The Morgan fingerprint density at radius 2 is 2.00 bits per heavy atom. The van der Waals surface area contributed by atoms with Crippen molar-refractivity contribution in [2.75, 3.05) is 12.0 Å². The molecule has 0 radical (unpaired) electrons. The Kier molecular flexibility index (Phi) is 4.91. The number of amides is 2. The molecule has 5 heteroatoms. The number of hydrogen-bond acceptors (Lipinski definition) is 3. The van der Waals surface area contributed by atoms with E-state index in [1.807, 2.05) is 25.7 Å². The smallest absolute Gasteiger partial charge is 0.249 e. The van der Waals surface area contributed by atoms with E-state index in [0.29, 0.717) is 5.92 Å². The summed E-state index contributed by atoms with van der Waals surface area (Å²) in [6, 6.07) is -0.189. The van der Waals surface area contributed by atoms with Crippen LogP contribution in [0.3, 0.4) is 0 Å². The molecule has 0 aromatic carbocycles. The first-order valence-corrected chi connectivity index (χ1v) is 9.39. The predicted molar refractivity (Wildman–Crippen MR) is 87.2 cm³/mol. The molecule has 120 valence electrons. The fraction of sp³-hybridized carbons (Fsp3) is 0.875. The van der Waals surface area contributed by atoms with E-state index in [2.05, 4.69) is 18.5 Å². The monoisotopic (exact) mass is 312 g/mol. The summed E-state index contributed by atoms with van der Waals surface area (Å²) in [6.07, 6.45) is 5.04. The standard InChI is InChI=1S/C16H28N2O2S/c1-6-12(9-21-5)18-13(10(2)3)14(19)17-16(4,15(18)20)11-7-8-11/h10-13H,6-9H2,1-5H3,(H,17,19). The maximum absolute atomic E-state index is 13.2. The average Bonchev–Trinajstić information content (AvgIpc) is 3.24. The van der Waals surface area contributed by atoms with Crippen LogP contribution in [0.1, 0.15) is 47.0 Å². The number of carbonyl (C=O) groups is 2. The minimum Gasteiger partial charge on any atom is -0.340 e. The van der Waals surface area contributed by atoms with E-state index in [1.54, 1.807) is 11.8 Å². The zero-order valence-corrected chi connectivity index (χ0v) is 14.6. The Labute approximate surface area is 132 Å². The van der Waals surface area contributed by atoms with Crippen molar-refractivity contribution in [1.82, 2.24) is 10.2 Å². The Balaban J connectivity index is 2.36. The molecule has 0 aromatic rings. The molecule has 4 nitrogen and oxygen atoms in total. The maximum Gasteiger partial charge on any atom is 0.249 e. The number of nitrogens with zero attached hydrogens (tertiary/aromatic N) is 1. The van der Waals surface area contributed by atoms with Gasteiger partial charge in [-0.15, -0.1) is 0 Å². The highest BCUT2D eigenvalue weighted by molar-refractivity contribution is 7.98. The third-order valence-corrected chi connectivity index (χ3v) is 5.60. The molecule has 1 aliphatic carbocycles. The number of rotatable bonds is 6. The SMILES string of the molecule is CCC(CSC)N1C(=O)C(C)(C2CC2)NC(=O)C1C(C)C. The van der Waals surface area contributed by atoms with Crippen LogP contribution >= 0.6 is 11.8 Å². The largest absolute Gasteiger partial charge is 0.340 e. The maximum atomic E-state index is 13.2. The first kappa shape index (κ1) is 16.7. The molecule has 1 N–H and O–H groups in total. The van der Waals surface area contributed by atoms with Crippen LogP contribution < -0.4 is 5.32 Å². The van der Waals surface area contributed by atoms with Crippen molar-refractivity contribution in [2.24, 2.45) is 11.8 Å². The molecular formula is C16H28N2O2S. The van der Waals surface area contributed by atoms with Gasteiger partial charge < -0.3 is 10.2 Å². The van der Waals surface area contributed by atoms with E-state index in [1.165, 1.54) is 0 Å². The summed E-state index contributed by atoms with van der Waals surface area (Å²) in [6.45, 7) is 8.07. The second-order valence-electron chi connectivity index (χ2n) is 6.88. The van der Waals surface area contributed by atoms with Gasteiger partial charge in [0.2, 0.25) is 11.8 Å². The van der Waals surface area contributed by atoms with Crippen LogP contribution in [0.2, 0.25) is 0 Å². The number of nitrogens with one attached hydrogen (secondary N) is 1. The van der Waals surface area contributed by atoms with Gasteiger partial charge in [0.1, 0.15) is 11.6 Å². The van der Waals surface area contributed by atoms with E-state index in [-0.39, 0.29) is 29.8 Å². The molecule has 21 heavy (non-hydrogen) atoms. The molecule has 0 spiro atoms. The van der Waals surface area contributed by atoms with Crippen molar-refractivity contribution in [3.8, 4) is 0 Å². The average molecular weight is 312 g/mol. The molecule has 1 heterocycles. The van der Waals surface area contributed by atoms with Crippen LogP contribution in [0.5, 0.6) is 0 Å². The minimum atomic E-state index is -0.686. The summed E-state index contributed by atoms with van der Waals surface area (Å²) in [7, 11) is 0. The van der Waals surface area contributed by atoms with Gasteiger partial charge in [-0.1, -0.05) is 20.8 Å². The van der Waals surface area contributed by atoms with E-state index in [4.69, 9.17) is 0 Å². The van der Waals surface area contributed by atoms with Crippen LogP contribution in [0, 0.1) is 11.8 Å². The van der Waals surface area contributed by atoms with Crippen molar-refractivity contribution in [1.29, 1.82) is 0 Å². The fourth-order valence-electron chi connectivity index (χ4n) is 3.45. The van der Waals surface area contributed by atoms with Crippen molar-refractivity contribution >= 4 is 23.6 Å². The highest BCUT2D eigenvalue weighted by atomic mass is 32.2. The van der Waals surface area contributed by atoms with Crippen LogP contribution in [0.25, 0.3) is 0 Å². The van der Waals surface area contributed by atoms with Crippen molar-refractivity contribution in [3.05, 3.63) is 0 Å². The molecule has 2 amide bonds. The third kappa shape index (κ3) is 2.94. The number of thioether (sulfide) groups is 1. The highest BCUT2D eigenvalue weighted by Gasteiger charge is 2.56. The van der Waals surface area contributed by atoms with E-state index >= 15 is 0 Å². The summed E-state index contributed by atoms with van der Waals surface area (Å²) in [5.74, 6) is 1.49. The Bertz CT molecular complexity index is 423. The normalized spacial score (nSPS) is 31.5. The second kappa shape index (κ2) is 6.19. The van der Waals surface area contributed by atoms with Gasteiger partial charge >= 0.3 is 0 Å². The van der Waals surface area contributed by atoms with Gasteiger partial charge in [0.15, 0.2) is 0 Å². The molecule has 3 atom stereocenters. The molecule has 1 saturated carbocycles. The summed E-state index contributed by atoms with van der Waals surface area (Å²) >= 11 is 1.74. The Morgan fingerprint density at radius 3 is 2.43 bits per heavy atom. The number of carbonyl (C=O) groups excluding carboxylic acids is 2. The van der Waals surface area contributed by atoms with Gasteiger partial charge in [0, 0.05) is 11.8 Å². The van der Waals surface area contributed by atoms with Crippen LogP contribution in [-0.4, -0.2) is 46.3 Å². The number of hydrogen-bond donors (Lipinski definition) is 1. The lowest BCUT2D eigenvalue weighted by Gasteiger charge is -2.49. The molecule has 1 saturated heterocycles. The lowest BCUT2D eigenvalue weighted by Crippen LogP contribution is -2.73. The molecule has 2 rings (SSSR count). The van der Waals surface area contributed by atoms with Gasteiger partial charge in [-0.2, -0.15) is 11.8 Å². The Hall–Kier alpha value is -0.710. The van der Waals surface area contributed by atoms with Gasteiger partial charge in [0.25, 0.3) is 0 Å². The summed E-state index contributed by atoms with van der Waals surface area (Å²) < 4.78 is 0. The lowest BCUT2D eigenvalue weighted by atomic mass is 9.85. The molecule has 3 unspecified atom stereocenters. The summed E-state index contributed by atoms with van der Waals surface area (Å²) in [5, 5.41) is 3.05. The molecule has 0 aromatic heterocycles. The zero-order valence-electron chi connectivity index (χ0n) is 13.8. The molecule has 0 bridgehead atoms. The first-order chi connectivity index (χ1) is 9.86. The topological polar surface area (TPSA) is 49.4 Å². The molecule has 1 aliphatic heterocycles. The molecule has 2 aliphatic rings. The van der Waals surface area contributed by atoms with E-state index < -0.39 is 5.54 Å². The second-order valence-corrected chi connectivity index (χ2v) is 7.80. The van der Waals surface area contributed by atoms with Gasteiger partial charge in [-0.25, -0.2) is 0 Å². The highest BCUT2D eigenvalue weighted by Crippen LogP contribution is 2.43.